The molecule has 0 aliphatic carbocycles. The molecule has 0 spiro atoms. The summed E-state index contributed by atoms with van der Waals surface area (Å²) < 4.78 is 0. The lowest BCUT2D eigenvalue weighted by Gasteiger charge is -2.21. The molecule has 112 valence electrons. The van der Waals surface area contributed by atoms with Crippen LogP contribution in [-0.4, -0.2) is 40.6 Å². The van der Waals surface area contributed by atoms with Gasteiger partial charge in [-0.1, -0.05) is 43.1 Å². The summed E-state index contributed by atoms with van der Waals surface area (Å²) >= 11 is 6.23. The van der Waals surface area contributed by atoms with E-state index < -0.39 is 0 Å². The standard InChI is InChI=1S/C16H19ClN2O2/c1-2-3-8-19(9-10-20)16(21)15-11-13(17)12-6-4-5-7-14(12)18-15/h4-7,11,20H,2-3,8-10H2,1H3. The van der Waals surface area contributed by atoms with Crippen molar-refractivity contribution in [1.82, 2.24) is 9.88 Å². The highest BCUT2D eigenvalue weighted by atomic mass is 35.5. The number of rotatable bonds is 6. The number of pyridine rings is 1. The van der Waals surface area contributed by atoms with Crippen molar-refractivity contribution in [3.05, 3.63) is 41.0 Å². The number of carbonyl (C=O) groups is 1. The number of hydrogen-bond acceptors (Lipinski definition) is 3. The Morgan fingerprint density at radius 3 is 2.81 bits per heavy atom. The zero-order valence-corrected chi connectivity index (χ0v) is 12.8. The number of nitrogens with zero attached hydrogens (tertiary/aromatic N) is 2. The minimum Gasteiger partial charge on any atom is -0.395 e. The second-order valence-corrected chi connectivity index (χ2v) is 5.28. The first-order valence-corrected chi connectivity index (χ1v) is 7.50. The highest BCUT2D eigenvalue weighted by Crippen LogP contribution is 2.23. The Balaban J connectivity index is 2.32. The van der Waals surface area contributed by atoms with E-state index in [1.54, 1.807) is 11.0 Å². The molecule has 1 N–H and O–H groups in total. The molecule has 0 saturated carbocycles. The molecule has 5 heteroatoms. The van der Waals surface area contributed by atoms with E-state index in [0.29, 0.717) is 29.3 Å². The number of fused-ring (bicyclic) bond motifs is 1. The van der Waals surface area contributed by atoms with E-state index in [2.05, 4.69) is 11.9 Å². The van der Waals surface area contributed by atoms with Gasteiger partial charge in [-0.05, 0) is 18.6 Å². The zero-order valence-electron chi connectivity index (χ0n) is 12.1. The van der Waals surface area contributed by atoms with Crippen molar-refractivity contribution in [3.63, 3.8) is 0 Å². The van der Waals surface area contributed by atoms with Crippen LogP contribution in [0.3, 0.4) is 0 Å². The van der Waals surface area contributed by atoms with Gasteiger partial charge in [-0.3, -0.25) is 4.79 Å². The molecule has 0 aliphatic rings. The van der Waals surface area contributed by atoms with Gasteiger partial charge in [-0.25, -0.2) is 4.98 Å². The van der Waals surface area contributed by atoms with Crippen molar-refractivity contribution >= 4 is 28.4 Å². The van der Waals surface area contributed by atoms with Crippen LogP contribution in [-0.2, 0) is 0 Å². The van der Waals surface area contributed by atoms with Gasteiger partial charge in [0.2, 0.25) is 0 Å². The lowest BCUT2D eigenvalue weighted by Crippen LogP contribution is -2.35. The summed E-state index contributed by atoms with van der Waals surface area (Å²) in [5, 5.41) is 10.5. The van der Waals surface area contributed by atoms with Crippen molar-refractivity contribution in [2.24, 2.45) is 0 Å². The first-order chi connectivity index (χ1) is 10.2. The van der Waals surface area contributed by atoms with Crippen LogP contribution in [0.1, 0.15) is 30.3 Å². The fraction of sp³-hybridized carbons (Fsp3) is 0.375. The maximum Gasteiger partial charge on any atom is 0.272 e. The van der Waals surface area contributed by atoms with Gasteiger partial charge in [0.15, 0.2) is 0 Å². The molecule has 0 fully saturated rings. The molecule has 0 aliphatic heterocycles. The van der Waals surface area contributed by atoms with Crippen molar-refractivity contribution in [1.29, 1.82) is 0 Å². The SMILES string of the molecule is CCCCN(CCO)C(=O)c1cc(Cl)c2ccccc2n1. The topological polar surface area (TPSA) is 53.4 Å². The molecule has 0 atom stereocenters. The third-order valence-corrected chi connectivity index (χ3v) is 3.64. The molecule has 1 aromatic heterocycles. The van der Waals surface area contributed by atoms with E-state index >= 15 is 0 Å². The van der Waals surface area contributed by atoms with E-state index in [9.17, 15) is 4.79 Å². The van der Waals surface area contributed by atoms with Crippen molar-refractivity contribution in [2.45, 2.75) is 19.8 Å². The van der Waals surface area contributed by atoms with Crippen molar-refractivity contribution < 1.29 is 9.90 Å². The van der Waals surface area contributed by atoms with Crippen LogP contribution < -0.4 is 0 Å². The monoisotopic (exact) mass is 306 g/mol. The molecule has 0 radical (unpaired) electrons. The molecule has 1 amide bonds. The van der Waals surface area contributed by atoms with Gasteiger partial charge in [0.25, 0.3) is 5.91 Å². The Kier molecular flexibility index (Phi) is 5.53. The van der Waals surface area contributed by atoms with E-state index in [1.165, 1.54) is 0 Å². The number of aromatic nitrogens is 1. The van der Waals surface area contributed by atoms with Gasteiger partial charge in [0, 0.05) is 18.5 Å². The summed E-state index contributed by atoms with van der Waals surface area (Å²) in [6.07, 6.45) is 1.88. The smallest absolute Gasteiger partial charge is 0.272 e. The lowest BCUT2D eigenvalue weighted by atomic mass is 10.2. The molecular formula is C16H19ClN2O2. The highest BCUT2D eigenvalue weighted by molar-refractivity contribution is 6.35. The van der Waals surface area contributed by atoms with Crippen molar-refractivity contribution in [3.8, 4) is 0 Å². The average Bonchev–Trinajstić information content (AvgIpc) is 2.50. The van der Waals surface area contributed by atoms with Crippen LogP contribution in [0.5, 0.6) is 0 Å². The maximum absolute atomic E-state index is 12.5. The van der Waals surface area contributed by atoms with Crippen LogP contribution in [0.2, 0.25) is 5.02 Å². The van der Waals surface area contributed by atoms with Crippen LogP contribution in [0.4, 0.5) is 0 Å². The molecule has 2 aromatic rings. The quantitative estimate of drug-likeness (QED) is 0.892. The second kappa shape index (κ2) is 7.38. The summed E-state index contributed by atoms with van der Waals surface area (Å²) in [5.74, 6) is -0.190. The number of benzene rings is 1. The Morgan fingerprint density at radius 2 is 2.10 bits per heavy atom. The third-order valence-electron chi connectivity index (χ3n) is 3.32. The van der Waals surface area contributed by atoms with E-state index in [0.717, 1.165) is 18.2 Å². The number of para-hydroxylation sites is 1. The number of aliphatic hydroxyl groups is 1. The van der Waals surface area contributed by atoms with Gasteiger partial charge < -0.3 is 10.0 Å². The largest absolute Gasteiger partial charge is 0.395 e. The normalized spacial score (nSPS) is 10.8. The first kappa shape index (κ1) is 15.7. The average molecular weight is 307 g/mol. The summed E-state index contributed by atoms with van der Waals surface area (Å²) in [5.41, 5.74) is 1.02. The molecule has 0 unspecified atom stereocenters. The fourth-order valence-corrected chi connectivity index (χ4v) is 2.45. The van der Waals surface area contributed by atoms with Crippen LogP contribution in [0, 0.1) is 0 Å². The third kappa shape index (κ3) is 3.71. The molecule has 2 rings (SSSR count). The Labute approximate surface area is 129 Å². The molecule has 1 aromatic carbocycles. The molecule has 4 nitrogen and oxygen atoms in total. The van der Waals surface area contributed by atoms with Gasteiger partial charge >= 0.3 is 0 Å². The summed E-state index contributed by atoms with van der Waals surface area (Å²) in [7, 11) is 0. The van der Waals surface area contributed by atoms with E-state index in [-0.39, 0.29) is 12.5 Å². The Morgan fingerprint density at radius 1 is 1.33 bits per heavy atom. The summed E-state index contributed by atoms with van der Waals surface area (Å²) in [6, 6.07) is 9.06. The van der Waals surface area contributed by atoms with Crippen LogP contribution in [0.15, 0.2) is 30.3 Å². The number of carbonyl (C=O) groups excluding carboxylic acids is 1. The first-order valence-electron chi connectivity index (χ1n) is 7.12. The summed E-state index contributed by atoms with van der Waals surface area (Å²) in [4.78, 5) is 18.5. The Hall–Kier alpha value is -1.65. The predicted molar refractivity (Wildman–Crippen MR) is 84.7 cm³/mol. The summed E-state index contributed by atoms with van der Waals surface area (Å²) in [6.45, 7) is 2.93. The van der Waals surface area contributed by atoms with E-state index in [1.807, 2.05) is 24.3 Å². The number of halogens is 1. The lowest BCUT2D eigenvalue weighted by molar-refractivity contribution is 0.0714. The van der Waals surface area contributed by atoms with Crippen molar-refractivity contribution in [2.75, 3.05) is 19.7 Å². The molecule has 0 saturated heterocycles. The number of hydrogen-bond donors (Lipinski definition) is 1. The zero-order chi connectivity index (χ0) is 15.2. The van der Waals surface area contributed by atoms with Crippen LogP contribution >= 0.6 is 11.6 Å². The predicted octanol–water partition coefficient (Wildman–Crippen LogP) is 3.12. The molecule has 21 heavy (non-hydrogen) atoms. The number of aliphatic hydroxyl groups excluding tert-OH is 1. The molecule has 1 heterocycles. The van der Waals surface area contributed by atoms with Gasteiger partial charge in [0.05, 0.1) is 17.1 Å². The Bertz CT molecular complexity index is 631. The maximum atomic E-state index is 12.5. The minimum absolute atomic E-state index is 0.0588. The number of amides is 1. The number of unbranched alkanes of at least 4 members (excludes halogenated alkanes) is 1. The second-order valence-electron chi connectivity index (χ2n) is 4.88. The molecular weight excluding hydrogens is 288 g/mol. The van der Waals surface area contributed by atoms with Gasteiger partial charge in [0.1, 0.15) is 5.69 Å². The highest BCUT2D eigenvalue weighted by Gasteiger charge is 2.17. The van der Waals surface area contributed by atoms with Gasteiger partial charge in [-0.2, -0.15) is 0 Å². The molecule has 0 bridgehead atoms. The fourth-order valence-electron chi connectivity index (χ4n) is 2.19. The minimum atomic E-state index is -0.190. The van der Waals surface area contributed by atoms with Crippen LogP contribution in [0.25, 0.3) is 10.9 Å². The van der Waals surface area contributed by atoms with E-state index in [4.69, 9.17) is 16.7 Å². The van der Waals surface area contributed by atoms with Gasteiger partial charge in [-0.15, -0.1) is 0 Å².